The molecule has 27 heavy (non-hydrogen) atoms. The van der Waals surface area contributed by atoms with Gasteiger partial charge in [0.15, 0.2) is 0 Å². The van der Waals surface area contributed by atoms with E-state index in [2.05, 4.69) is 11.8 Å². The van der Waals surface area contributed by atoms with Crippen molar-refractivity contribution in [1.29, 1.82) is 0 Å². The first-order valence-corrected chi connectivity index (χ1v) is 11.6. The molecule has 0 aliphatic carbocycles. The Balaban J connectivity index is 1.57. The number of carbonyl (C=O) groups is 1. The number of nitrogens with zero attached hydrogens (tertiary/aromatic N) is 3. The molecule has 0 aromatic heterocycles. The van der Waals surface area contributed by atoms with Gasteiger partial charge in [-0.15, -0.1) is 0 Å². The molecule has 1 amide bonds. The van der Waals surface area contributed by atoms with Crippen molar-refractivity contribution in [2.24, 2.45) is 0 Å². The molecule has 0 atom stereocenters. The predicted molar refractivity (Wildman–Crippen MR) is 106 cm³/mol. The highest BCUT2D eigenvalue weighted by atomic mass is 32.2. The van der Waals surface area contributed by atoms with Crippen molar-refractivity contribution in [2.75, 3.05) is 45.8 Å². The molecule has 0 saturated carbocycles. The Bertz CT molecular complexity index is 719. The molecule has 0 unspecified atom stereocenters. The first-order chi connectivity index (χ1) is 13.0. The number of amides is 1. The highest BCUT2D eigenvalue weighted by molar-refractivity contribution is 7.89. The second-order valence-electron chi connectivity index (χ2n) is 7.48. The lowest BCUT2D eigenvalue weighted by Crippen LogP contribution is -2.48. The number of sulfonamides is 1. The van der Waals surface area contributed by atoms with Crippen LogP contribution in [0.25, 0.3) is 0 Å². The molecule has 1 aromatic carbocycles. The Morgan fingerprint density at radius 2 is 1.56 bits per heavy atom. The molecule has 0 bridgehead atoms. The van der Waals surface area contributed by atoms with Gasteiger partial charge in [-0.1, -0.05) is 19.8 Å². The summed E-state index contributed by atoms with van der Waals surface area (Å²) in [6.07, 6.45) is 5.53. The Labute approximate surface area is 163 Å². The summed E-state index contributed by atoms with van der Waals surface area (Å²) in [5.41, 5.74) is 0.565. The minimum absolute atomic E-state index is 0.00618. The Kier molecular flexibility index (Phi) is 6.89. The third kappa shape index (κ3) is 4.89. The zero-order valence-electron chi connectivity index (χ0n) is 16.3. The lowest BCUT2D eigenvalue weighted by atomic mass is 10.1. The van der Waals surface area contributed by atoms with Crippen LogP contribution in [-0.4, -0.2) is 74.2 Å². The molecule has 0 spiro atoms. The lowest BCUT2D eigenvalue weighted by Gasteiger charge is -2.34. The van der Waals surface area contributed by atoms with Gasteiger partial charge in [-0.2, -0.15) is 4.31 Å². The van der Waals surface area contributed by atoms with Gasteiger partial charge in [-0.25, -0.2) is 8.42 Å². The van der Waals surface area contributed by atoms with E-state index in [1.807, 2.05) is 4.90 Å². The van der Waals surface area contributed by atoms with Crippen molar-refractivity contribution in [2.45, 2.75) is 43.9 Å². The van der Waals surface area contributed by atoms with Gasteiger partial charge in [-0.3, -0.25) is 9.69 Å². The standard InChI is InChI=1S/C20H31N3O3S/c1-2-3-4-11-21-14-16-22(17-15-21)20(24)18-7-9-19(10-8-18)27(25,26)23-12-5-6-13-23/h7-10H,2-6,11-17H2,1H3. The zero-order chi connectivity index (χ0) is 19.3. The van der Waals surface area contributed by atoms with Crippen molar-refractivity contribution in [1.82, 2.24) is 14.1 Å². The summed E-state index contributed by atoms with van der Waals surface area (Å²) in [7, 11) is -3.42. The maximum Gasteiger partial charge on any atom is 0.253 e. The average Bonchev–Trinajstić information content (AvgIpc) is 3.24. The van der Waals surface area contributed by atoms with Crippen LogP contribution in [0.2, 0.25) is 0 Å². The van der Waals surface area contributed by atoms with Gasteiger partial charge < -0.3 is 4.90 Å². The minimum atomic E-state index is -3.42. The van der Waals surface area contributed by atoms with Gasteiger partial charge in [0.1, 0.15) is 0 Å². The summed E-state index contributed by atoms with van der Waals surface area (Å²) in [4.78, 5) is 17.3. The third-order valence-electron chi connectivity index (χ3n) is 5.54. The molecule has 2 aliphatic rings. The Morgan fingerprint density at radius 3 is 2.15 bits per heavy atom. The van der Waals surface area contributed by atoms with Crippen LogP contribution in [0.15, 0.2) is 29.2 Å². The first kappa shape index (κ1) is 20.3. The van der Waals surface area contributed by atoms with E-state index >= 15 is 0 Å². The molecule has 6 nitrogen and oxygen atoms in total. The van der Waals surface area contributed by atoms with Gasteiger partial charge in [0.2, 0.25) is 10.0 Å². The molecule has 2 aliphatic heterocycles. The van der Waals surface area contributed by atoms with Crippen LogP contribution in [0.1, 0.15) is 49.4 Å². The molecular weight excluding hydrogens is 362 g/mol. The van der Waals surface area contributed by atoms with Crippen LogP contribution in [0.3, 0.4) is 0 Å². The largest absolute Gasteiger partial charge is 0.336 e. The topological polar surface area (TPSA) is 60.9 Å². The molecule has 2 fully saturated rings. The van der Waals surface area contributed by atoms with E-state index in [4.69, 9.17) is 0 Å². The summed E-state index contributed by atoms with van der Waals surface area (Å²) in [6.45, 7) is 7.79. The van der Waals surface area contributed by atoms with Crippen molar-refractivity contribution in [3.8, 4) is 0 Å². The molecule has 150 valence electrons. The molecule has 7 heteroatoms. The number of hydrogen-bond acceptors (Lipinski definition) is 4. The van der Waals surface area contributed by atoms with Crippen LogP contribution in [-0.2, 0) is 10.0 Å². The fraction of sp³-hybridized carbons (Fsp3) is 0.650. The highest BCUT2D eigenvalue weighted by Gasteiger charge is 2.28. The van der Waals surface area contributed by atoms with Gasteiger partial charge in [0, 0.05) is 44.8 Å². The highest BCUT2D eigenvalue weighted by Crippen LogP contribution is 2.21. The molecule has 2 heterocycles. The maximum atomic E-state index is 12.7. The summed E-state index contributed by atoms with van der Waals surface area (Å²) in [5, 5.41) is 0. The van der Waals surface area contributed by atoms with E-state index in [1.54, 1.807) is 24.3 Å². The normalized spacial score (nSPS) is 19.5. The van der Waals surface area contributed by atoms with Crippen LogP contribution >= 0.6 is 0 Å². The number of hydrogen-bond donors (Lipinski definition) is 0. The fourth-order valence-electron chi connectivity index (χ4n) is 3.79. The average molecular weight is 394 g/mol. The second kappa shape index (κ2) is 9.17. The number of unbranched alkanes of at least 4 members (excludes halogenated alkanes) is 2. The summed E-state index contributed by atoms with van der Waals surface area (Å²) >= 11 is 0. The van der Waals surface area contributed by atoms with Crippen LogP contribution in [0, 0.1) is 0 Å². The van der Waals surface area contributed by atoms with E-state index in [1.165, 1.54) is 23.6 Å². The molecular formula is C20H31N3O3S. The number of carbonyl (C=O) groups excluding carboxylic acids is 1. The van der Waals surface area contributed by atoms with Crippen molar-refractivity contribution in [3.05, 3.63) is 29.8 Å². The second-order valence-corrected chi connectivity index (χ2v) is 9.41. The van der Waals surface area contributed by atoms with E-state index in [9.17, 15) is 13.2 Å². The SMILES string of the molecule is CCCCCN1CCN(C(=O)c2ccc(S(=O)(=O)N3CCCC3)cc2)CC1. The fourth-order valence-corrected chi connectivity index (χ4v) is 5.31. The summed E-state index contributed by atoms with van der Waals surface area (Å²) in [6, 6.07) is 6.45. The smallest absolute Gasteiger partial charge is 0.253 e. The number of rotatable bonds is 7. The van der Waals surface area contributed by atoms with Gasteiger partial charge in [-0.05, 0) is 50.1 Å². The van der Waals surface area contributed by atoms with Crippen LogP contribution in [0.5, 0.6) is 0 Å². The van der Waals surface area contributed by atoms with E-state index in [-0.39, 0.29) is 10.8 Å². The van der Waals surface area contributed by atoms with Crippen molar-refractivity contribution in [3.63, 3.8) is 0 Å². The quantitative estimate of drug-likeness (QED) is 0.668. The monoisotopic (exact) mass is 393 g/mol. The summed E-state index contributed by atoms with van der Waals surface area (Å²) in [5.74, 6) is -0.00618. The molecule has 1 aromatic rings. The molecule has 2 saturated heterocycles. The van der Waals surface area contributed by atoms with Crippen LogP contribution < -0.4 is 0 Å². The van der Waals surface area contributed by atoms with Crippen molar-refractivity contribution < 1.29 is 13.2 Å². The van der Waals surface area contributed by atoms with Crippen LogP contribution in [0.4, 0.5) is 0 Å². The Morgan fingerprint density at radius 1 is 0.926 bits per heavy atom. The minimum Gasteiger partial charge on any atom is -0.336 e. The van der Waals surface area contributed by atoms with Gasteiger partial charge in [0.25, 0.3) is 5.91 Å². The summed E-state index contributed by atoms with van der Waals surface area (Å²) < 4.78 is 26.7. The van der Waals surface area contributed by atoms with Gasteiger partial charge >= 0.3 is 0 Å². The van der Waals surface area contributed by atoms with Gasteiger partial charge in [0.05, 0.1) is 4.90 Å². The van der Waals surface area contributed by atoms with E-state index in [0.29, 0.717) is 18.7 Å². The van der Waals surface area contributed by atoms with E-state index < -0.39 is 10.0 Å². The molecule has 0 N–H and O–H groups in total. The number of piperazine rings is 1. The maximum absolute atomic E-state index is 12.7. The van der Waals surface area contributed by atoms with E-state index in [0.717, 1.165) is 45.6 Å². The number of benzene rings is 1. The lowest BCUT2D eigenvalue weighted by molar-refractivity contribution is 0.0635. The first-order valence-electron chi connectivity index (χ1n) is 10.1. The molecule has 3 rings (SSSR count). The Hall–Kier alpha value is -1.44. The zero-order valence-corrected chi connectivity index (χ0v) is 17.1. The third-order valence-corrected chi connectivity index (χ3v) is 7.45. The van der Waals surface area contributed by atoms with Crippen molar-refractivity contribution >= 4 is 15.9 Å². The molecule has 0 radical (unpaired) electrons. The predicted octanol–water partition coefficient (Wildman–Crippen LogP) is 2.42.